The van der Waals surface area contributed by atoms with Crippen LogP contribution in [0.2, 0.25) is 0 Å². The van der Waals surface area contributed by atoms with Crippen LogP contribution in [0.25, 0.3) is 0 Å². The number of hydrogen-bond acceptors (Lipinski definition) is 4. The van der Waals surface area contributed by atoms with E-state index in [9.17, 15) is 19.5 Å². The minimum atomic E-state index is -0.970. The van der Waals surface area contributed by atoms with Gasteiger partial charge < -0.3 is 20.1 Å². The van der Waals surface area contributed by atoms with E-state index in [1.54, 1.807) is 24.3 Å². The maximum atomic E-state index is 12.8. The molecule has 1 unspecified atom stereocenters. The second kappa shape index (κ2) is 10.5. The summed E-state index contributed by atoms with van der Waals surface area (Å²) >= 11 is 0. The molecule has 1 heterocycles. The number of nitrogens with zero attached hydrogens (tertiary/aromatic N) is 1. The molecule has 2 aliphatic rings. The van der Waals surface area contributed by atoms with Gasteiger partial charge in [-0.15, -0.1) is 0 Å². The highest BCUT2D eigenvalue weighted by Gasteiger charge is 2.42. The second-order valence-electron chi connectivity index (χ2n) is 8.92. The maximum absolute atomic E-state index is 12.8. The SMILES string of the molecule is O=C(NCC(=O)N1CC(C2CCCCC2)C[C@@H]1C(=O)O)c1ccc(Oc2ccccc2)cc1. The monoisotopic (exact) mass is 450 g/mol. The number of hydrogen-bond donors (Lipinski definition) is 2. The number of benzene rings is 2. The van der Waals surface area contributed by atoms with Crippen LogP contribution in [0.3, 0.4) is 0 Å². The zero-order chi connectivity index (χ0) is 23.2. The van der Waals surface area contributed by atoms with Gasteiger partial charge in [0.15, 0.2) is 0 Å². The lowest BCUT2D eigenvalue weighted by molar-refractivity contribution is -0.147. The molecule has 174 valence electrons. The zero-order valence-corrected chi connectivity index (χ0v) is 18.6. The summed E-state index contributed by atoms with van der Waals surface area (Å²) in [6.45, 7) is 0.240. The number of carbonyl (C=O) groups excluding carboxylic acids is 2. The summed E-state index contributed by atoms with van der Waals surface area (Å²) in [6, 6.07) is 15.2. The highest BCUT2D eigenvalue weighted by atomic mass is 16.5. The topological polar surface area (TPSA) is 95.9 Å². The van der Waals surface area contributed by atoms with Crippen molar-refractivity contribution in [2.24, 2.45) is 11.8 Å². The Morgan fingerprint density at radius 3 is 2.24 bits per heavy atom. The summed E-state index contributed by atoms with van der Waals surface area (Å²) in [4.78, 5) is 38.5. The van der Waals surface area contributed by atoms with Crippen molar-refractivity contribution in [2.75, 3.05) is 13.1 Å². The molecule has 33 heavy (non-hydrogen) atoms. The molecule has 1 saturated carbocycles. The van der Waals surface area contributed by atoms with Crippen LogP contribution in [-0.4, -0.2) is 46.9 Å². The van der Waals surface area contributed by atoms with E-state index in [1.165, 1.54) is 24.2 Å². The first-order valence-electron chi connectivity index (χ1n) is 11.6. The van der Waals surface area contributed by atoms with Crippen molar-refractivity contribution in [1.29, 1.82) is 0 Å². The van der Waals surface area contributed by atoms with E-state index in [0.29, 0.717) is 35.9 Å². The molecule has 1 saturated heterocycles. The van der Waals surface area contributed by atoms with E-state index in [1.807, 2.05) is 30.3 Å². The molecular formula is C26H30N2O5. The molecule has 0 bridgehead atoms. The van der Waals surface area contributed by atoms with E-state index in [-0.39, 0.29) is 24.3 Å². The minimum Gasteiger partial charge on any atom is -0.480 e. The molecule has 2 fully saturated rings. The van der Waals surface area contributed by atoms with Crippen molar-refractivity contribution >= 4 is 17.8 Å². The van der Waals surface area contributed by atoms with Crippen LogP contribution in [0.5, 0.6) is 11.5 Å². The van der Waals surface area contributed by atoms with Crippen molar-refractivity contribution in [3.05, 3.63) is 60.2 Å². The standard InChI is InChI=1S/C26H30N2O5/c29-24(28-17-20(15-23(28)26(31)32)18-7-3-1-4-8-18)16-27-25(30)19-11-13-22(14-12-19)33-21-9-5-2-6-10-21/h2,5-6,9-14,18,20,23H,1,3-4,7-8,15-17H2,(H,27,30)(H,31,32)/t20?,23-/m1/s1. The molecule has 1 aliphatic carbocycles. The van der Waals surface area contributed by atoms with Gasteiger partial charge in [-0.3, -0.25) is 9.59 Å². The summed E-state index contributed by atoms with van der Waals surface area (Å²) in [6.07, 6.45) is 6.32. The fourth-order valence-corrected chi connectivity index (χ4v) is 4.98. The van der Waals surface area contributed by atoms with Crippen LogP contribution < -0.4 is 10.1 Å². The number of carboxylic acid groups (broad SMARTS) is 1. The summed E-state index contributed by atoms with van der Waals surface area (Å²) < 4.78 is 5.72. The predicted octanol–water partition coefficient (Wildman–Crippen LogP) is 4.09. The number of carbonyl (C=O) groups is 3. The maximum Gasteiger partial charge on any atom is 0.326 e. The van der Waals surface area contributed by atoms with Crippen molar-refractivity contribution in [2.45, 2.75) is 44.6 Å². The van der Waals surface area contributed by atoms with Gasteiger partial charge in [0, 0.05) is 12.1 Å². The first-order chi connectivity index (χ1) is 16.0. The first-order valence-corrected chi connectivity index (χ1v) is 11.6. The molecule has 2 amide bonds. The van der Waals surface area contributed by atoms with Gasteiger partial charge in [-0.25, -0.2) is 4.79 Å². The van der Waals surface area contributed by atoms with Gasteiger partial charge in [0.1, 0.15) is 17.5 Å². The Balaban J connectivity index is 1.31. The van der Waals surface area contributed by atoms with Gasteiger partial charge in [-0.1, -0.05) is 50.3 Å². The fraction of sp³-hybridized carbons (Fsp3) is 0.423. The highest BCUT2D eigenvalue weighted by molar-refractivity contribution is 5.97. The molecular weight excluding hydrogens is 420 g/mol. The normalized spacial score (nSPS) is 20.9. The Kier molecular flexibility index (Phi) is 7.27. The third-order valence-corrected chi connectivity index (χ3v) is 6.75. The summed E-state index contributed by atoms with van der Waals surface area (Å²) in [5, 5.41) is 12.3. The average Bonchev–Trinajstić information content (AvgIpc) is 3.30. The smallest absolute Gasteiger partial charge is 0.326 e. The van der Waals surface area contributed by atoms with E-state index in [4.69, 9.17) is 4.74 Å². The van der Waals surface area contributed by atoms with Crippen LogP contribution in [-0.2, 0) is 9.59 Å². The Hall–Kier alpha value is -3.35. The lowest BCUT2D eigenvalue weighted by Crippen LogP contribution is -2.45. The van der Waals surface area contributed by atoms with Crippen molar-refractivity contribution in [1.82, 2.24) is 10.2 Å². The lowest BCUT2D eigenvalue weighted by Gasteiger charge is -2.27. The van der Waals surface area contributed by atoms with E-state index < -0.39 is 12.0 Å². The molecule has 2 N–H and O–H groups in total. The third kappa shape index (κ3) is 5.72. The largest absolute Gasteiger partial charge is 0.480 e. The van der Waals surface area contributed by atoms with Gasteiger partial charge in [0.05, 0.1) is 6.54 Å². The number of ether oxygens (including phenoxy) is 1. The Morgan fingerprint density at radius 1 is 0.909 bits per heavy atom. The van der Waals surface area contributed by atoms with Crippen LogP contribution in [0.4, 0.5) is 0 Å². The molecule has 0 radical (unpaired) electrons. The minimum absolute atomic E-state index is 0.220. The molecule has 4 rings (SSSR count). The van der Waals surface area contributed by atoms with Gasteiger partial charge in [-0.2, -0.15) is 0 Å². The Labute approximate surface area is 193 Å². The van der Waals surface area contributed by atoms with Crippen LogP contribution in [0.15, 0.2) is 54.6 Å². The molecule has 2 aromatic carbocycles. The van der Waals surface area contributed by atoms with Crippen molar-refractivity contribution in [3.8, 4) is 11.5 Å². The highest BCUT2D eigenvalue weighted by Crippen LogP contribution is 2.37. The number of carboxylic acids is 1. The first kappa shape index (κ1) is 22.8. The second-order valence-corrected chi connectivity index (χ2v) is 8.92. The summed E-state index contributed by atoms with van der Waals surface area (Å²) in [7, 11) is 0. The Morgan fingerprint density at radius 2 is 1.58 bits per heavy atom. The summed E-state index contributed by atoms with van der Waals surface area (Å²) in [5.74, 6) is 0.312. The third-order valence-electron chi connectivity index (χ3n) is 6.75. The van der Waals surface area contributed by atoms with Crippen LogP contribution >= 0.6 is 0 Å². The van der Waals surface area contributed by atoms with Crippen LogP contribution in [0, 0.1) is 11.8 Å². The van der Waals surface area contributed by atoms with E-state index in [2.05, 4.69) is 5.32 Å². The number of rotatable bonds is 7. The van der Waals surface area contributed by atoms with Crippen molar-refractivity contribution < 1.29 is 24.2 Å². The number of likely N-dealkylation sites (tertiary alicyclic amines) is 1. The summed E-state index contributed by atoms with van der Waals surface area (Å²) in [5.41, 5.74) is 0.402. The molecule has 7 nitrogen and oxygen atoms in total. The van der Waals surface area contributed by atoms with Gasteiger partial charge in [0.2, 0.25) is 5.91 Å². The van der Waals surface area contributed by atoms with Gasteiger partial charge in [0.25, 0.3) is 5.91 Å². The van der Waals surface area contributed by atoms with Gasteiger partial charge in [-0.05, 0) is 54.7 Å². The van der Waals surface area contributed by atoms with Crippen molar-refractivity contribution in [3.63, 3.8) is 0 Å². The quantitative estimate of drug-likeness (QED) is 0.662. The molecule has 7 heteroatoms. The molecule has 1 aliphatic heterocycles. The van der Waals surface area contributed by atoms with E-state index in [0.717, 1.165) is 12.8 Å². The Bertz CT molecular complexity index is 970. The van der Waals surface area contributed by atoms with Crippen LogP contribution in [0.1, 0.15) is 48.9 Å². The molecule has 0 spiro atoms. The molecule has 0 aromatic heterocycles. The van der Waals surface area contributed by atoms with Gasteiger partial charge >= 0.3 is 5.97 Å². The predicted molar refractivity (Wildman–Crippen MR) is 123 cm³/mol. The number of para-hydroxylation sites is 1. The number of amides is 2. The fourth-order valence-electron chi connectivity index (χ4n) is 4.98. The average molecular weight is 451 g/mol. The molecule has 2 aromatic rings. The zero-order valence-electron chi connectivity index (χ0n) is 18.6. The molecule has 2 atom stereocenters. The lowest BCUT2D eigenvalue weighted by atomic mass is 9.79. The van der Waals surface area contributed by atoms with E-state index >= 15 is 0 Å². The number of aliphatic carboxylic acids is 1. The number of nitrogens with one attached hydrogen (secondary N) is 1.